The highest BCUT2D eigenvalue weighted by atomic mass is 79.9. The molecular weight excluding hydrogens is 443 g/mol. The lowest BCUT2D eigenvalue weighted by Gasteiger charge is -2.14. The molecule has 2 aromatic rings. The summed E-state index contributed by atoms with van der Waals surface area (Å²) in [6.07, 6.45) is 0. The molecule has 0 fully saturated rings. The van der Waals surface area contributed by atoms with Gasteiger partial charge in [-0.3, -0.25) is 0 Å². The second kappa shape index (κ2) is 7.73. The van der Waals surface area contributed by atoms with Gasteiger partial charge in [-0.2, -0.15) is 0 Å². The van der Waals surface area contributed by atoms with Crippen LogP contribution in [0.25, 0.3) is 0 Å². The molecule has 0 aliphatic heterocycles. The molecular formula is C15H12Br2Cl2O2. The second-order valence-corrected chi connectivity index (χ2v) is 6.51. The van der Waals surface area contributed by atoms with E-state index in [0.29, 0.717) is 27.7 Å². The minimum Gasteiger partial charge on any atom is -0.497 e. The molecule has 0 atom stereocenters. The predicted molar refractivity (Wildman–Crippen MR) is 94.1 cm³/mol. The van der Waals surface area contributed by atoms with Crippen LogP contribution in [-0.2, 0) is 11.9 Å². The quantitative estimate of drug-likeness (QED) is 0.498. The van der Waals surface area contributed by atoms with Crippen molar-refractivity contribution in [1.29, 1.82) is 0 Å². The first-order chi connectivity index (χ1) is 10.0. The van der Waals surface area contributed by atoms with Gasteiger partial charge >= 0.3 is 0 Å². The van der Waals surface area contributed by atoms with E-state index in [4.69, 9.17) is 32.7 Å². The standard InChI is InChI=1S/C15H12Br2Cl2O2/c1-20-12-2-3-13(17)10(5-12)8-21-15-9(7-16)4-11(18)6-14(15)19/h2-6H,7-8H2,1H3. The molecule has 0 aliphatic rings. The number of rotatable bonds is 5. The average Bonchev–Trinajstić information content (AvgIpc) is 2.47. The van der Waals surface area contributed by atoms with Crippen molar-refractivity contribution in [2.45, 2.75) is 11.9 Å². The predicted octanol–water partition coefficient (Wildman–Crippen LogP) is 6.24. The van der Waals surface area contributed by atoms with Gasteiger partial charge in [-0.1, -0.05) is 55.1 Å². The lowest BCUT2D eigenvalue weighted by molar-refractivity contribution is 0.302. The van der Waals surface area contributed by atoms with Crippen molar-refractivity contribution in [2.75, 3.05) is 7.11 Å². The van der Waals surface area contributed by atoms with E-state index in [1.54, 1.807) is 13.2 Å². The molecule has 0 spiro atoms. The molecule has 0 bridgehead atoms. The van der Waals surface area contributed by atoms with Crippen LogP contribution in [0.3, 0.4) is 0 Å². The molecule has 0 saturated carbocycles. The molecule has 2 nitrogen and oxygen atoms in total. The Bertz CT molecular complexity index is 648. The van der Waals surface area contributed by atoms with Gasteiger partial charge in [0.05, 0.1) is 12.1 Å². The molecule has 6 heteroatoms. The smallest absolute Gasteiger partial charge is 0.142 e. The van der Waals surface area contributed by atoms with E-state index < -0.39 is 0 Å². The van der Waals surface area contributed by atoms with Crippen LogP contribution in [0.4, 0.5) is 0 Å². The van der Waals surface area contributed by atoms with E-state index in [9.17, 15) is 0 Å². The Morgan fingerprint density at radius 2 is 1.86 bits per heavy atom. The number of ether oxygens (including phenoxy) is 2. The van der Waals surface area contributed by atoms with Gasteiger partial charge in [0.1, 0.15) is 18.1 Å². The monoisotopic (exact) mass is 452 g/mol. The maximum absolute atomic E-state index is 6.21. The Morgan fingerprint density at radius 3 is 2.52 bits per heavy atom. The second-order valence-electron chi connectivity index (χ2n) is 4.26. The first-order valence-electron chi connectivity index (χ1n) is 6.04. The lowest BCUT2D eigenvalue weighted by Crippen LogP contribution is -2.00. The third kappa shape index (κ3) is 4.28. The van der Waals surface area contributed by atoms with E-state index >= 15 is 0 Å². The Hall–Kier alpha value is -0.420. The fourth-order valence-corrected chi connectivity index (χ4v) is 3.18. The van der Waals surface area contributed by atoms with Gasteiger partial charge in [0.2, 0.25) is 0 Å². The number of methoxy groups -OCH3 is 1. The van der Waals surface area contributed by atoms with Gasteiger partial charge in [-0.25, -0.2) is 0 Å². The van der Waals surface area contributed by atoms with Crippen molar-refractivity contribution in [3.8, 4) is 11.5 Å². The number of hydrogen-bond donors (Lipinski definition) is 0. The van der Waals surface area contributed by atoms with Gasteiger partial charge in [0, 0.05) is 26.0 Å². The molecule has 0 aliphatic carbocycles. The van der Waals surface area contributed by atoms with Crippen LogP contribution in [0.15, 0.2) is 34.8 Å². The molecule has 21 heavy (non-hydrogen) atoms. The van der Waals surface area contributed by atoms with E-state index in [-0.39, 0.29) is 0 Å². The topological polar surface area (TPSA) is 18.5 Å². The van der Waals surface area contributed by atoms with Crippen molar-refractivity contribution < 1.29 is 9.47 Å². The maximum Gasteiger partial charge on any atom is 0.142 e. The van der Waals surface area contributed by atoms with Crippen LogP contribution in [-0.4, -0.2) is 7.11 Å². The molecule has 0 unspecified atom stereocenters. The molecule has 2 rings (SSSR count). The molecule has 0 saturated heterocycles. The fraction of sp³-hybridized carbons (Fsp3) is 0.200. The summed E-state index contributed by atoms with van der Waals surface area (Å²) in [6.45, 7) is 0.374. The molecule has 0 radical (unpaired) electrons. The highest BCUT2D eigenvalue weighted by Gasteiger charge is 2.11. The minimum absolute atomic E-state index is 0.374. The van der Waals surface area contributed by atoms with Crippen LogP contribution >= 0.6 is 55.1 Å². The van der Waals surface area contributed by atoms with Crippen LogP contribution < -0.4 is 9.47 Å². The van der Waals surface area contributed by atoms with Crippen LogP contribution in [0.1, 0.15) is 11.1 Å². The Labute approximate surface area is 150 Å². The number of halogens is 4. The van der Waals surface area contributed by atoms with Crippen LogP contribution in [0, 0.1) is 0 Å². The Morgan fingerprint density at radius 1 is 1.10 bits per heavy atom. The van der Waals surface area contributed by atoms with Gasteiger partial charge in [0.15, 0.2) is 0 Å². The van der Waals surface area contributed by atoms with E-state index in [0.717, 1.165) is 21.3 Å². The maximum atomic E-state index is 6.21. The van der Waals surface area contributed by atoms with Crippen molar-refractivity contribution in [2.24, 2.45) is 0 Å². The summed E-state index contributed by atoms with van der Waals surface area (Å²) in [5.41, 5.74) is 1.88. The summed E-state index contributed by atoms with van der Waals surface area (Å²) < 4.78 is 12.0. The molecule has 0 N–H and O–H groups in total. The summed E-state index contributed by atoms with van der Waals surface area (Å²) in [5, 5.41) is 1.70. The summed E-state index contributed by atoms with van der Waals surface area (Å²) in [4.78, 5) is 0. The number of hydrogen-bond acceptors (Lipinski definition) is 2. The zero-order valence-electron chi connectivity index (χ0n) is 11.1. The molecule has 0 heterocycles. The molecule has 112 valence electrons. The average molecular weight is 455 g/mol. The SMILES string of the molecule is COc1ccc(Br)c(COc2c(Cl)cc(Cl)cc2CBr)c1. The Balaban J connectivity index is 2.24. The largest absolute Gasteiger partial charge is 0.497 e. The Kier molecular flexibility index (Phi) is 6.23. The summed E-state index contributed by atoms with van der Waals surface area (Å²) in [5.74, 6) is 1.41. The summed E-state index contributed by atoms with van der Waals surface area (Å²) >= 11 is 19.1. The highest BCUT2D eigenvalue weighted by molar-refractivity contribution is 9.10. The molecule has 0 amide bonds. The highest BCUT2D eigenvalue weighted by Crippen LogP contribution is 2.35. The van der Waals surface area contributed by atoms with Crippen LogP contribution in [0.2, 0.25) is 10.0 Å². The van der Waals surface area contributed by atoms with E-state index in [2.05, 4.69) is 31.9 Å². The zero-order valence-corrected chi connectivity index (χ0v) is 15.8. The van der Waals surface area contributed by atoms with Gasteiger partial charge < -0.3 is 9.47 Å². The van der Waals surface area contributed by atoms with Gasteiger partial charge in [-0.05, 0) is 30.3 Å². The van der Waals surface area contributed by atoms with E-state index in [1.807, 2.05) is 24.3 Å². The minimum atomic E-state index is 0.374. The van der Waals surface area contributed by atoms with Crippen molar-refractivity contribution in [3.05, 3.63) is 56.0 Å². The van der Waals surface area contributed by atoms with Crippen molar-refractivity contribution >= 4 is 55.1 Å². The zero-order chi connectivity index (χ0) is 15.4. The molecule has 2 aromatic carbocycles. The lowest BCUT2D eigenvalue weighted by atomic mass is 10.2. The van der Waals surface area contributed by atoms with Crippen LogP contribution in [0.5, 0.6) is 11.5 Å². The van der Waals surface area contributed by atoms with Gasteiger partial charge in [-0.15, -0.1) is 0 Å². The summed E-state index contributed by atoms with van der Waals surface area (Å²) in [7, 11) is 1.63. The normalized spacial score (nSPS) is 10.5. The summed E-state index contributed by atoms with van der Waals surface area (Å²) in [6, 6.07) is 9.23. The number of alkyl halides is 1. The van der Waals surface area contributed by atoms with Crippen molar-refractivity contribution in [1.82, 2.24) is 0 Å². The van der Waals surface area contributed by atoms with Crippen molar-refractivity contribution in [3.63, 3.8) is 0 Å². The van der Waals surface area contributed by atoms with E-state index in [1.165, 1.54) is 0 Å². The first kappa shape index (κ1) is 16.9. The fourth-order valence-electron chi connectivity index (χ4n) is 1.81. The number of benzene rings is 2. The van der Waals surface area contributed by atoms with Gasteiger partial charge in [0.25, 0.3) is 0 Å². The first-order valence-corrected chi connectivity index (χ1v) is 8.71. The molecule has 0 aromatic heterocycles. The third-order valence-corrected chi connectivity index (χ3v) is 4.73. The third-order valence-electron chi connectivity index (χ3n) is 2.85.